The molecule has 0 spiro atoms. The molecule has 0 radical (unpaired) electrons. The molecule has 2 aliphatic heterocycles. The molecule has 2 heterocycles. The van der Waals surface area contributed by atoms with Crippen molar-refractivity contribution in [3.8, 4) is 0 Å². The van der Waals surface area contributed by atoms with Gasteiger partial charge in [-0.2, -0.15) is 0 Å². The van der Waals surface area contributed by atoms with E-state index in [1.807, 2.05) is 6.21 Å². The Labute approximate surface area is 344 Å². The number of allylic oxidation sites excluding steroid dienone is 15. The lowest BCUT2D eigenvalue weighted by Crippen LogP contribution is -2.32. The zero-order valence-corrected chi connectivity index (χ0v) is 33.2. The highest BCUT2D eigenvalue weighted by Gasteiger charge is 2.51. The second-order valence-corrected chi connectivity index (χ2v) is 15.8. The fourth-order valence-electron chi connectivity index (χ4n) is 9.17. The molecule has 58 heavy (non-hydrogen) atoms. The van der Waals surface area contributed by atoms with Gasteiger partial charge >= 0.3 is 0 Å². The van der Waals surface area contributed by atoms with Crippen LogP contribution in [0.4, 0.5) is 22.7 Å². The number of para-hydroxylation sites is 1. The van der Waals surface area contributed by atoms with Gasteiger partial charge in [-0.05, 0) is 107 Å². The summed E-state index contributed by atoms with van der Waals surface area (Å²) < 4.78 is 0. The number of nitrogens with zero attached hydrogens (tertiary/aromatic N) is 3. The third kappa shape index (κ3) is 8.04. The Hall–Kier alpha value is -6.45. The van der Waals surface area contributed by atoms with Crippen LogP contribution in [0, 0.1) is 23.7 Å². The topological polar surface area (TPSA) is 18.8 Å². The lowest BCUT2D eigenvalue weighted by atomic mass is 9.97. The van der Waals surface area contributed by atoms with Crippen LogP contribution in [0.2, 0.25) is 0 Å². The highest BCUT2D eigenvalue weighted by molar-refractivity contribution is 6.10. The van der Waals surface area contributed by atoms with E-state index in [1.165, 1.54) is 28.1 Å². The van der Waals surface area contributed by atoms with E-state index in [0.29, 0.717) is 36.1 Å². The van der Waals surface area contributed by atoms with Crippen molar-refractivity contribution in [3.63, 3.8) is 0 Å². The van der Waals surface area contributed by atoms with Crippen molar-refractivity contribution in [1.82, 2.24) is 0 Å². The van der Waals surface area contributed by atoms with Crippen LogP contribution in [0.5, 0.6) is 0 Å². The summed E-state index contributed by atoms with van der Waals surface area (Å²) >= 11 is 0. The fourth-order valence-corrected chi connectivity index (χ4v) is 9.17. The normalized spacial score (nSPS) is 29.4. The molecule has 3 nitrogen and oxygen atoms in total. The summed E-state index contributed by atoms with van der Waals surface area (Å²) in [4.78, 5) is 9.55. The van der Waals surface area contributed by atoms with Crippen LogP contribution in [-0.2, 0) is 0 Å². The Bertz CT molecular complexity index is 2390. The van der Waals surface area contributed by atoms with Crippen molar-refractivity contribution in [3.05, 3.63) is 229 Å². The number of hydrogen-bond donors (Lipinski definition) is 0. The molecule has 0 amide bonds. The van der Waals surface area contributed by atoms with E-state index in [1.54, 1.807) is 0 Å². The quantitative estimate of drug-likeness (QED) is 0.187. The van der Waals surface area contributed by atoms with Crippen molar-refractivity contribution in [1.29, 1.82) is 0 Å². The van der Waals surface area contributed by atoms with Crippen LogP contribution >= 0.6 is 0 Å². The molecule has 0 N–H and O–H groups in total. The van der Waals surface area contributed by atoms with Crippen LogP contribution in [0.25, 0.3) is 11.3 Å². The lowest BCUT2D eigenvalue weighted by Gasteiger charge is -2.31. The highest BCUT2D eigenvalue weighted by Crippen LogP contribution is 2.59. The van der Waals surface area contributed by atoms with Crippen molar-refractivity contribution in [2.24, 2.45) is 28.7 Å². The highest BCUT2D eigenvalue weighted by atomic mass is 15.2. The molecule has 0 aromatic heterocycles. The molecule has 9 rings (SSSR count). The predicted octanol–water partition coefficient (Wildman–Crippen LogP) is 13.7. The second kappa shape index (κ2) is 17.4. The molecule has 286 valence electrons. The summed E-state index contributed by atoms with van der Waals surface area (Å²) in [7, 11) is 0. The van der Waals surface area contributed by atoms with Crippen molar-refractivity contribution >= 4 is 40.2 Å². The number of aliphatic imine (C=N–C) groups is 1. The molecule has 3 aliphatic carbocycles. The third-order valence-electron chi connectivity index (χ3n) is 12.1. The summed E-state index contributed by atoms with van der Waals surface area (Å²) in [6.07, 6.45) is 43.8. The average Bonchev–Trinajstić information content (AvgIpc) is 3.86. The first-order valence-electron chi connectivity index (χ1n) is 20.9. The summed E-state index contributed by atoms with van der Waals surface area (Å²) in [5, 5.41) is 0. The molecule has 3 heteroatoms. The van der Waals surface area contributed by atoms with E-state index in [9.17, 15) is 0 Å². The van der Waals surface area contributed by atoms with Gasteiger partial charge in [0, 0.05) is 40.6 Å². The van der Waals surface area contributed by atoms with Crippen LogP contribution in [0.1, 0.15) is 42.4 Å². The minimum atomic E-state index is 0.269. The zero-order valence-electron chi connectivity index (χ0n) is 33.2. The maximum absolute atomic E-state index is 4.67. The van der Waals surface area contributed by atoms with Gasteiger partial charge in [0.25, 0.3) is 0 Å². The molecule has 0 saturated heterocycles. The largest absolute Gasteiger partial charge is 0.333 e. The number of rotatable bonds is 7. The van der Waals surface area contributed by atoms with Crippen LogP contribution < -0.4 is 9.80 Å². The predicted molar refractivity (Wildman–Crippen MR) is 248 cm³/mol. The second-order valence-electron chi connectivity index (χ2n) is 15.8. The minimum absolute atomic E-state index is 0.269. The van der Waals surface area contributed by atoms with E-state index >= 15 is 0 Å². The van der Waals surface area contributed by atoms with Gasteiger partial charge in [0.05, 0.1) is 12.6 Å². The zero-order chi connectivity index (χ0) is 39.1. The van der Waals surface area contributed by atoms with Crippen LogP contribution in [-0.4, -0.2) is 18.8 Å². The number of anilines is 4. The van der Waals surface area contributed by atoms with Gasteiger partial charge in [0.1, 0.15) is 0 Å². The monoisotopic (exact) mass is 753 g/mol. The van der Waals surface area contributed by atoms with Gasteiger partial charge in [-0.25, -0.2) is 0 Å². The molecule has 4 aromatic rings. The van der Waals surface area contributed by atoms with E-state index in [4.69, 9.17) is 0 Å². The number of hydrogen-bond acceptors (Lipinski definition) is 3. The first-order chi connectivity index (χ1) is 28.7. The molecule has 0 bridgehead atoms. The Morgan fingerprint density at radius 2 is 1.24 bits per heavy atom. The van der Waals surface area contributed by atoms with Crippen LogP contribution in [0.15, 0.2) is 217 Å². The van der Waals surface area contributed by atoms with Crippen molar-refractivity contribution in [2.45, 2.75) is 31.7 Å². The van der Waals surface area contributed by atoms with Gasteiger partial charge in [-0.1, -0.05) is 171 Å². The summed E-state index contributed by atoms with van der Waals surface area (Å²) in [5.41, 5.74) is 10.8. The first-order valence-corrected chi connectivity index (χ1v) is 20.9. The minimum Gasteiger partial charge on any atom is -0.333 e. The molecule has 4 aromatic carbocycles. The number of fused-ring (bicyclic) bond motifs is 2. The van der Waals surface area contributed by atoms with E-state index in [-0.39, 0.29) is 6.04 Å². The van der Waals surface area contributed by atoms with Crippen molar-refractivity contribution in [2.75, 3.05) is 16.3 Å². The molecule has 1 fully saturated rings. The first kappa shape index (κ1) is 37.1. The van der Waals surface area contributed by atoms with Gasteiger partial charge in [0.15, 0.2) is 0 Å². The van der Waals surface area contributed by atoms with Gasteiger partial charge in [0.2, 0.25) is 0 Å². The molecule has 5 aliphatic rings. The summed E-state index contributed by atoms with van der Waals surface area (Å²) in [6.45, 7) is 3.10. The lowest BCUT2D eigenvalue weighted by molar-refractivity contribution is 0.491. The molecule has 6 atom stereocenters. The fraction of sp³-hybridized carbons (Fsp3) is 0.182. The molecular weight excluding hydrogens is 703 g/mol. The maximum atomic E-state index is 4.67. The Morgan fingerprint density at radius 1 is 0.603 bits per heavy atom. The Kier molecular flexibility index (Phi) is 11.1. The van der Waals surface area contributed by atoms with Crippen molar-refractivity contribution < 1.29 is 0 Å². The molecular formula is C55H51N3. The van der Waals surface area contributed by atoms with Gasteiger partial charge in [-0.3, -0.25) is 4.99 Å². The Morgan fingerprint density at radius 3 is 2.02 bits per heavy atom. The van der Waals surface area contributed by atoms with E-state index in [0.717, 1.165) is 35.5 Å². The average molecular weight is 754 g/mol. The summed E-state index contributed by atoms with van der Waals surface area (Å²) in [5.74, 6) is 2.68. The maximum Gasteiger partial charge on any atom is 0.0623 e. The van der Waals surface area contributed by atoms with E-state index < -0.39 is 0 Å². The number of benzene rings is 4. The SMILES string of the molecule is CC1C\C=C/C=C\C=C/C=C/C2C(c3ccc(N(c4ccc(C5=CC6C=CC=CC6N5c5ccccc5)cc4)c4ccc(C5=C/C/C=C\C=C/C/N=C\5)cc4)cc3)[C@H]12. The summed E-state index contributed by atoms with van der Waals surface area (Å²) in [6, 6.07) is 38.6. The molecule has 5 unspecified atom stereocenters. The Balaban J connectivity index is 1.05. The molecule has 1 saturated carbocycles. The third-order valence-corrected chi connectivity index (χ3v) is 12.1. The van der Waals surface area contributed by atoms with Gasteiger partial charge < -0.3 is 9.80 Å². The standard InChI is InChI=1S/C55H51N3/c1-41-19-11-6-3-2-4-8-15-24-51-54(41)55(51)44-30-36-50(37-31-44)57(48-32-26-42(27-33-48)46-21-12-7-5-9-18-38-56-40-46)49-34-28-43(29-35-49)53-39-45-20-16-17-25-52(45)58(53)47-22-13-10-14-23-47/h2-11,13-18,20-37,39-41,45,51-52,54-55H,12,19,38H2,1H3/b3-2-,7-5-,8-4-,11-6-,18-9-,24-15+,46-21+,56-40-/t41?,45?,51?,52?,54-,55?/m1/s1. The smallest absolute Gasteiger partial charge is 0.0623 e. The van der Waals surface area contributed by atoms with Crippen LogP contribution in [0.3, 0.4) is 0 Å². The van der Waals surface area contributed by atoms with E-state index in [2.05, 4.69) is 234 Å². The van der Waals surface area contributed by atoms with Gasteiger partial charge in [-0.15, -0.1) is 0 Å².